The summed E-state index contributed by atoms with van der Waals surface area (Å²) in [7, 11) is 1.61. The summed E-state index contributed by atoms with van der Waals surface area (Å²) in [5, 5.41) is 12.9. The highest BCUT2D eigenvalue weighted by atomic mass is 16.5. The molecule has 2 N–H and O–H groups in total. The Bertz CT molecular complexity index is 867. The SMILES string of the molecule is COc1ccccc1OC1CN(CC(C)O)CCN1CC(=O)Nc1c(C)cccc1C. The van der Waals surface area contributed by atoms with Crippen LogP contribution in [0.3, 0.4) is 0 Å². The van der Waals surface area contributed by atoms with Gasteiger partial charge >= 0.3 is 0 Å². The summed E-state index contributed by atoms with van der Waals surface area (Å²) >= 11 is 0. The first kappa shape index (κ1) is 23.1. The van der Waals surface area contributed by atoms with Gasteiger partial charge in [0.05, 0.1) is 19.8 Å². The molecule has 2 aromatic rings. The smallest absolute Gasteiger partial charge is 0.238 e. The first-order valence-electron chi connectivity index (χ1n) is 10.7. The molecule has 0 aromatic heterocycles. The number of aliphatic hydroxyl groups excluding tert-OH is 1. The maximum absolute atomic E-state index is 12.9. The number of aryl methyl sites for hydroxylation is 2. The van der Waals surface area contributed by atoms with E-state index >= 15 is 0 Å². The van der Waals surface area contributed by atoms with Gasteiger partial charge in [0.15, 0.2) is 17.7 Å². The van der Waals surface area contributed by atoms with Gasteiger partial charge in [-0.2, -0.15) is 0 Å². The van der Waals surface area contributed by atoms with Crippen molar-refractivity contribution in [1.82, 2.24) is 9.80 Å². The highest BCUT2D eigenvalue weighted by Crippen LogP contribution is 2.28. The van der Waals surface area contributed by atoms with E-state index in [4.69, 9.17) is 9.47 Å². The fraction of sp³-hybridized carbons (Fsp3) is 0.458. The molecule has 3 rings (SSSR count). The van der Waals surface area contributed by atoms with Gasteiger partial charge in [0.1, 0.15) is 0 Å². The number of hydrogen-bond acceptors (Lipinski definition) is 6. The van der Waals surface area contributed by atoms with Gasteiger partial charge in [0.25, 0.3) is 0 Å². The second kappa shape index (κ2) is 10.6. The van der Waals surface area contributed by atoms with E-state index in [0.717, 1.165) is 23.4 Å². The number of ether oxygens (including phenoxy) is 2. The second-order valence-corrected chi connectivity index (χ2v) is 8.12. The standard InChI is InChI=1S/C24H33N3O4/c1-17-8-7-9-18(2)24(17)25-22(29)15-27-13-12-26(14-19(3)28)16-23(27)31-21-11-6-5-10-20(21)30-4/h5-11,19,23,28H,12-16H2,1-4H3,(H,25,29). The Morgan fingerprint density at radius 1 is 1.13 bits per heavy atom. The van der Waals surface area contributed by atoms with E-state index in [1.165, 1.54) is 0 Å². The number of nitrogens with one attached hydrogen (secondary N) is 1. The predicted molar refractivity (Wildman–Crippen MR) is 122 cm³/mol. The van der Waals surface area contributed by atoms with Crippen LogP contribution in [0.25, 0.3) is 0 Å². The first-order chi connectivity index (χ1) is 14.9. The molecular weight excluding hydrogens is 394 g/mol. The van der Waals surface area contributed by atoms with Crippen LogP contribution in [-0.4, -0.2) is 73.0 Å². The molecule has 1 fully saturated rings. The molecule has 0 aliphatic carbocycles. The van der Waals surface area contributed by atoms with E-state index in [1.54, 1.807) is 14.0 Å². The molecule has 0 saturated carbocycles. The third-order valence-electron chi connectivity index (χ3n) is 5.47. The number of benzene rings is 2. The number of amides is 1. The van der Waals surface area contributed by atoms with Crippen LogP contribution in [0.5, 0.6) is 11.5 Å². The van der Waals surface area contributed by atoms with Gasteiger partial charge in [-0.25, -0.2) is 0 Å². The Kier molecular flexibility index (Phi) is 7.90. The molecule has 7 heteroatoms. The maximum atomic E-state index is 12.9. The molecule has 2 aromatic carbocycles. The summed E-state index contributed by atoms with van der Waals surface area (Å²) in [6.07, 6.45) is -0.765. The van der Waals surface area contributed by atoms with E-state index in [1.807, 2.05) is 61.2 Å². The molecule has 168 valence electrons. The monoisotopic (exact) mass is 427 g/mol. The minimum Gasteiger partial charge on any atom is -0.493 e. The van der Waals surface area contributed by atoms with E-state index in [0.29, 0.717) is 31.1 Å². The van der Waals surface area contributed by atoms with Gasteiger partial charge in [0.2, 0.25) is 5.91 Å². The van der Waals surface area contributed by atoms with E-state index < -0.39 is 6.10 Å². The van der Waals surface area contributed by atoms with Crippen LogP contribution in [0.15, 0.2) is 42.5 Å². The fourth-order valence-electron chi connectivity index (χ4n) is 3.91. The maximum Gasteiger partial charge on any atom is 0.238 e. The van der Waals surface area contributed by atoms with Gasteiger partial charge in [-0.3, -0.25) is 14.6 Å². The van der Waals surface area contributed by atoms with Crippen LogP contribution in [0.1, 0.15) is 18.1 Å². The van der Waals surface area contributed by atoms with Crippen molar-refractivity contribution in [3.63, 3.8) is 0 Å². The zero-order chi connectivity index (χ0) is 22.4. The van der Waals surface area contributed by atoms with Crippen LogP contribution in [0.4, 0.5) is 5.69 Å². The molecule has 1 heterocycles. The highest BCUT2D eigenvalue weighted by Gasteiger charge is 2.31. The predicted octanol–water partition coefficient (Wildman–Crippen LogP) is 2.65. The number of para-hydroxylation sites is 3. The summed E-state index contributed by atoms with van der Waals surface area (Å²) in [6, 6.07) is 13.5. The average molecular weight is 428 g/mol. The lowest BCUT2D eigenvalue weighted by atomic mass is 10.1. The Morgan fingerprint density at radius 3 is 2.45 bits per heavy atom. The topological polar surface area (TPSA) is 74.3 Å². The minimum absolute atomic E-state index is 0.0741. The number of hydrogen-bond donors (Lipinski definition) is 2. The fourth-order valence-corrected chi connectivity index (χ4v) is 3.91. The van der Waals surface area contributed by atoms with Crippen molar-refractivity contribution >= 4 is 11.6 Å². The molecule has 1 aliphatic rings. The number of carbonyl (C=O) groups is 1. The molecule has 1 aliphatic heterocycles. The Balaban J connectivity index is 1.73. The normalized spacial score (nSPS) is 18.4. The molecule has 31 heavy (non-hydrogen) atoms. The highest BCUT2D eigenvalue weighted by molar-refractivity contribution is 5.93. The van der Waals surface area contributed by atoms with Gasteiger partial charge in [-0.15, -0.1) is 0 Å². The molecule has 7 nitrogen and oxygen atoms in total. The second-order valence-electron chi connectivity index (χ2n) is 8.12. The molecule has 2 unspecified atom stereocenters. The van der Waals surface area contributed by atoms with Crippen molar-refractivity contribution in [1.29, 1.82) is 0 Å². The zero-order valence-corrected chi connectivity index (χ0v) is 18.8. The van der Waals surface area contributed by atoms with Crippen LogP contribution in [0, 0.1) is 13.8 Å². The average Bonchev–Trinajstić information content (AvgIpc) is 2.73. The molecule has 0 spiro atoms. The third-order valence-corrected chi connectivity index (χ3v) is 5.47. The molecule has 0 radical (unpaired) electrons. The first-order valence-corrected chi connectivity index (χ1v) is 10.7. The molecule has 2 atom stereocenters. The number of β-amino-alcohol motifs (C(OH)–C–C–N with tert-alkyl or cyclic N) is 1. The van der Waals surface area contributed by atoms with Crippen molar-refractivity contribution < 1.29 is 19.4 Å². The van der Waals surface area contributed by atoms with Gasteiger partial charge in [-0.1, -0.05) is 30.3 Å². The number of piperazine rings is 1. The molecule has 1 saturated heterocycles. The van der Waals surface area contributed by atoms with Crippen molar-refractivity contribution in [2.75, 3.05) is 45.2 Å². The summed E-state index contributed by atoms with van der Waals surface area (Å²) in [4.78, 5) is 17.1. The molecule has 1 amide bonds. The molecular formula is C24H33N3O4. The number of rotatable bonds is 8. The minimum atomic E-state index is -0.425. The van der Waals surface area contributed by atoms with Crippen molar-refractivity contribution in [2.45, 2.75) is 33.1 Å². The van der Waals surface area contributed by atoms with Gasteiger partial charge in [0, 0.05) is 31.9 Å². The van der Waals surface area contributed by atoms with Crippen LogP contribution >= 0.6 is 0 Å². The third kappa shape index (κ3) is 6.19. The van der Waals surface area contributed by atoms with E-state index in [2.05, 4.69) is 10.2 Å². The number of nitrogens with zero attached hydrogens (tertiary/aromatic N) is 2. The number of aliphatic hydroxyl groups is 1. The van der Waals surface area contributed by atoms with Crippen molar-refractivity contribution in [3.8, 4) is 11.5 Å². The Hall–Kier alpha value is -2.61. The van der Waals surface area contributed by atoms with E-state index in [9.17, 15) is 9.90 Å². The zero-order valence-electron chi connectivity index (χ0n) is 18.8. The number of anilines is 1. The summed E-state index contributed by atoms with van der Waals surface area (Å²) < 4.78 is 11.7. The lowest BCUT2D eigenvalue weighted by Crippen LogP contribution is -2.58. The van der Waals surface area contributed by atoms with Crippen molar-refractivity contribution in [3.05, 3.63) is 53.6 Å². The Labute approximate surface area is 184 Å². The largest absolute Gasteiger partial charge is 0.493 e. The van der Waals surface area contributed by atoms with Crippen molar-refractivity contribution in [2.24, 2.45) is 0 Å². The van der Waals surface area contributed by atoms with Crippen LogP contribution < -0.4 is 14.8 Å². The van der Waals surface area contributed by atoms with E-state index in [-0.39, 0.29) is 18.7 Å². The number of carbonyl (C=O) groups excluding carboxylic acids is 1. The lowest BCUT2D eigenvalue weighted by Gasteiger charge is -2.41. The quantitative estimate of drug-likeness (QED) is 0.675. The summed E-state index contributed by atoms with van der Waals surface area (Å²) in [5.41, 5.74) is 2.94. The summed E-state index contributed by atoms with van der Waals surface area (Å²) in [6.45, 7) is 8.54. The molecule has 0 bridgehead atoms. The van der Waals surface area contributed by atoms with Crippen LogP contribution in [0.2, 0.25) is 0 Å². The van der Waals surface area contributed by atoms with Gasteiger partial charge in [-0.05, 0) is 44.0 Å². The number of methoxy groups -OCH3 is 1. The Morgan fingerprint density at radius 2 is 1.81 bits per heavy atom. The lowest BCUT2D eigenvalue weighted by molar-refractivity contribution is -0.122. The van der Waals surface area contributed by atoms with Crippen LogP contribution in [-0.2, 0) is 4.79 Å². The van der Waals surface area contributed by atoms with Gasteiger partial charge < -0.3 is 19.9 Å². The summed E-state index contributed by atoms with van der Waals surface area (Å²) in [5.74, 6) is 1.21.